The van der Waals surface area contributed by atoms with Crippen molar-refractivity contribution in [1.82, 2.24) is 14.7 Å². The first-order valence-electron chi connectivity index (χ1n) is 7.24. The average Bonchev–Trinajstić information content (AvgIpc) is 2.90. The van der Waals surface area contributed by atoms with Crippen molar-refractivity contribution in [2.75, 3.05) is 7.11 Å². The van der Waals surface area contributed by atoms with E-state index in [1.54, 1.807) is 37.6 Å². The van der Waals surface area contributed by atoms with Crippen molar-refractivity contribution in [3.63, 3.8) is 0 Å². The number of pyridine rings is 1. The summed E-state index contributed by atoms with van der Waals surface area (Å²) < 4.78 is 31.8. The van der Waals surface area contributed by atoms with Crippen molar-refractivity contribution < 1.29 is 18.4 Å². The zero-order valence-electron chi connectivity index (χ0n) is 13.4. The van der Waals surface area contributed by atoms with Crippen LogP contribution in [0.4, 0.5) is 8.78 Å². The Morgan fingerprint density at radius 2 is 2.12 bits per heavy atom. The van der Waals surface area contributed by atoms with Crippen molar-refractivity contribution in [2.24, 2.45) is 0 Å². The number of imidazole rings is 1. The van der Waals surface area contributed by atoms with Gasteiger partial charge in [0.1, 0.15) is 11.3 Å². The molecule has 5 nitrogen and oxygen atoms in total. The van der Waals surface area contributed by atoms with Gasteiger partial charge in [-0.25, -0.2) is 4.98 Å². The number of methoxy groups -OCH3 is 1. The highest BCUT2D eigenvalue weighted by molar-refractivity contribution is 7.98. The van der Waals surface area contributed by atoms with Crippen LogP contribution in [0.5, 0.6) is 5.75 Å². The lowest BCUT2D eigenvalue weighted by molar-refractivity contribution is -0.135. The maximum Gasteiger partial charge on any atom is 0.405 e. The Morgan fingerprint density at radius 3 is 2.84 bits per heavy atom. The molecule has 9 heteroatoms. The first-order chi connectivity index (χ1) is 12.0. The zero-order chi connectivity index (χ0) is 18.0. The van der Waals surface area contributed by atoms with E-state index >= 15 is 0 Å². The Morgan fingerprint density at radius 1 is 1.32 bits per heavy atom. The number of alkyl halides is 2. The van der Waals surface area contributed by atoms with Gasteiger partial charge in [-0.3, -0.25) is 4.98 Å². The van der Waals surface area contributed by atoms with Crippen LogP contribution in [0.1, 0.15) is 11.3 Å². The summed E-state index contributed by atoms with van der Waals surface area (Å²) >= 11 is 7.18. The van der Waals surface area contributed by atoms with Crippen LogP contribution in [0.25, 0.3) is 11.0 Å². The highest BCUT2D eigenvalue weighted by Gasteiger charge is 2.17. The number of nitrogens with zero attached hydrogens (tertiary/aromatic N) is 3. The van der Waals surface area contributed by atoms with Crippen LogP contribution in [0, 0.1) is 6.92 Å². The number of hydrogen-bond donors (Lipinski definition) is 0. The number of ether oxygens (including phenoxy) is 1. The van der Waals surface area contributed by atoms with Crippen molar-refractivity contribution in [2.45, 2.75) is 24.4 Å². The average molecular weight is 386 g/mol. The fourth-order valence-corrected chi connectivity index (χ4v) is 3.49. The molecule has 0 spiro atoms. The summed E-state index contributed by atoms with van der Waals surface area (Å²) in [5.41, 5.74) is 2.56. The Bertz CT molecular complexity index is 904. The van der Waals surface area contributed by atoms with Crippen LogP contribution in [-0.2, 0) is 5.75 Å². The number of halogens is 3. The Hall–Kier alpha value is -2.06. The molecule has 0 saturated heterocycles. The third-order valence-corrected chi connectivity index (χ3v) is 4.72. The molecule has 0 aliphatic rings. The van der Waals surface area contributed by atoms with Crippen LogP contribution in [0.15, 0.2) is 35.6 Å². The van der Waals surface area contributed by atoms with Gasteiger partial charge < -0.3 is 9.57 Å². The van der Waals surface area contributed by atoms with Gasteiger partial charge in [-0.2, -0.15) is 13.5 Å². The van der Waals surface area contributed by atoms with E-state index in [-0.39, 0.29) is 0 Å². The van der Waals surface area contributed by atoms with Crippen LogP contribution in [-0.4, -0.2) is 28.4 Å². The second-order valence-corrected chi connectivity index (χ2v) is 6.44. The Kier molecular flexibility index (Phi) is 5.29. The number of benzene rings is 1. The van der Waals surface area contributed by atoms with Gasteiger partial charge in [0.05, 0.1) is 18.3 Å². The standard InChI is InChI=1S/C16H14ClF2N3O2S/c1-9-12(20-6-5-14(9)23-2)8-25-16-21-11-7-10(17)3-4-13(11)22(16)24-15(18)19/h3-7,15H,8H2,1-2H3. The molecule has 0 bridgehead atoms. The topological polar surface area (TPSA) is 49.2 Å². The van der Waals surface area contributed by atoms with Gasteiger partial charge in [-0.15, -0.1) is 0 Å². The predicted molar refractivity (Wildman–Crippen MR) is 92.4 cm³/mol. The van der Waals surface area contributed by atoms with E-state index in [0.29, 0.717) is 27.0 Å². The lowest BCUT2D eigenvalue weighted by Gasteiger charge is -2.11. The van der Waals surface area contributed by atoms with Crippen LogP contribution < -0.4 is 9.57 Å². The molecule has 0 fully saturated rings. The third-order valence-electron chi connectivity index (χ3n) is 3.55. The minimum Gasteiger partial charge on any atom is -0.496 e. The fourth-order valence-electron chi connectivity index (χ4n) is 2.34. The number of fused-ring (bicyclic) bond motifs is 1. The van der Waals surface area contributed by atoms with Crippen LogP contribution in [0.3, 0.4) is 0 Å². The quantitative estimate of drug-likeness (QED) is 0.590. The molecule has 3 aromatic rings. The molecule has 0 unspecified atom stereocenters. The summed E-state index contributed by atoms with van der Waals surface area (Å²) in [4.78, 5) is 13.3. The van der Waals surface area contributed by atoms with Crippen LogP contribution in [0.2, 0.25) is 5.02 Å². The minimum absolute atomic E-state index is 0.293. The van der Waals surface area contributed by atoms with Gasteiger partial charge >= 0.3 is 6.61 Å². The monoisotopic (exact) mass is 385 g/mol. The summed E-state index contributed by atoms with van der Waals surface area (Å²) in [5, 5.41) is 0.762. The lowest BCUT2D eigenvalue weighted by Crippen LogP contribution is -2.17. The van der Waals surface area contributed by atoms with Gasteiger partial charge in [0.25, 0.3) is 0 Å². The SMILES string of the molecule is COc1ccnc(CSc2nc3cc(Cl)ccc3n2OC(F)F)c1C. The van der Waals surface area contributed by atoms with Gasteiger partial charge in [0.15, 0.2) is 0 Å². The summed E-state index contributed by atoms with van der Waals surface area (Å²) in [6, 6.07) is 6.55. The first-order valence-corrected chi connectivity index (χ1v) is 8.60. The van der Waals surface area contributed by atoms with Gasteiger partial charge in [-0.05, 0) is 31.2 Å². The van der Waals surface area contributed by atoms with Gasteiger partial charge in [-0.1, -0.05) is 23.4 Å². The second kappa shape index (κ2) is 7.45. The summed E-state index contributed by atoms with van der Waals surface area (Å²) in [6.07, 6.45) is 1.64. The molecule has 0 aliphatic carbocycles. The summed E-state index contributed by atoms with van der Waals surface area (Å²) in [5.74, 6) is 1.14. The van der Waals surface area contributed by atoms with E-state index in [1.165, 1.54) is 11.8 Å². The van der Waals surface area contributed by atoms with E-state index in [2.05, 4.69) is 14.8 Å². The molecule has 2 aromatic heterocycles. The number of aromatic nitrogens is 3. The van der Waals surface area contributed by atoms with E-state index in [4.69, 9.17) is 16.3 Å². The third kappa shape index (κ3) is 3.80. The van der Waals surface area contributed by atoms with Crippen molar-refractivity contribution in [3.05, 3.63) is 46.7 Å². The van der Waals surface area contributed by atoms with E-state index in [1.807, 2.05) is 6.92 Å². The summed E-state index contributed by atoms with van der Waals surface area (Å²) in [6.45, 7) is -1.08. The van der Waals surface area contributed by atoms with E-state index < -0.39 is 6.61 Å². The van der Waals surface area contributed by atoms with Crippen molar-refractivity contribution in [3.8, 4) is 5.75 Å². The first kappa shape index (κ1) is 17.8. The molecule has 0 N–H and O–H groups in total. The van der Waals surface area contributed by atoms with E-state index in [9.17, 15) is 8.78 Å². The second-order valence-electron chi connectivity index (χ2n) is 5.06. The molecule has 1 aromatic carbocycles. The van der Waals surface area contributed by atoms with Crippen molar-refractivity contribution >= 4 is 34.4 Å². The maximum absolute atomic E-state index is 12.8. The smallest absolute Gasteiger partial charge is 0.405 e. The summed E-state index contributed by atoms with van der Waals surface area (Å²) in [7, 11) is 1.58. The van der Waals surface area contributed by atoms with E-state index in [0.717, 1.165) is 21.7 Å². The Labute approximate surface area is 151 Å². The molecule has 0 radical (unpaired) electrons. The molecule has 0 amide bonds. The number of hydrogen-bond acceptors (Lipinski definition) is 5. The molecule has 25 heavy (non-hydrogen) atoms. The maximum atomic E-state index is 12.8. The highest BCUT2D eigenvalue weighted by atomic mass is 35.5. The molecular weight excluding hydrogens is 372 g/mol. The predicted octanol–water partition coefficient (Wildman–Crippen LogP) is 4.35. The molecule has 2 heterocycles. The molecular formula is C16H14ClF2N3O2S. The lowest BCUT2D eigenvalue weighted by atomic mass is 10.2. The van der Waals surface area contributed by atoms with Crippen LogP contribution >= 0.6 is 23.4 Å². The number of thioether (sulfide) groups is 1. The molecule has 0 atom stereocenters. The Balaban J connectivity index is 1.93. The van der Waals surface area contributed by atoms with Crippen molar-refractivity contribution in [1.29, 1.82) is 0 Å². The van der Waals surface area contributed by atoms with Gasteiger partial charge in [0, 0.05) is 22.5 Å². The molecule has 3 rings (SSSR count). The molecule has 0 aliphatic heterocycles. The fraction of sp³-hybridized carbons (Fsp3) is 0.250. The zero-order valence-corrected chi connectivity index (χ0v) is 14.9. The largest absolute Gasteiger partial charge is 0.496 e. The normalized spacial score (nSPS) is 11.3. The number of rotatable bonds is 6. The minimum atomic E-state index is -2.97. The molecule has 0 saturated carbocycles. The van der Waals surface area contributed by atoms with Gasteiger partial charge in [0.2, 0.25) is 5.16 Å². The highest BCUT2D eigenvalue weighted by Crippen LogP contribution is 2.29. The molecule has 132 valence electrons.